The second-order valence-electron chi connectivity index (χ2n) is 7.63. The van der Waals surface area contributed by atoms with Crippen LogP contribution in [0.5, 0.6) is 0 Å². The van der Waals surface area contributed by atoms with E-state index in [-0.39, 0.29) is 5.41 Å². The molecular weight excluding hydrogens is 290 g/mol. The Bertz CT molecular complexity index is 513. The summed E-state index contributed by atoms with van der Waals surface area (Å²) in [6, 6.07) is 0.667. The average molecular weight is 321 g/mol. The lowest BCUT2D eigenvalue weighted by molar-refractivity contribution is -0.155. The Kier molecular flexibility index (Phi) is 4.81. The van der Waals surface area contributed by atoms with Gasteiger partial charge in [-0.25, -0.2) is 0 Å². The summed E-state index contributed by atoms with van der Waals surface area (Å²) >= 11 is 0. The van der Waals surface area contributed by atoms with Gasteiger partial charge in [0.1, 0.15) is 5.76 Å². The third-order valence-electron chi connectivity index (χ3n) is 5.90. The van der Waals surface area contributed by atoms with E-state index in [2.05, 4.69) is 35.7 Å². The molecule has 1 aliphatic carbocycles. The maximum atomic E-state index is 5.88. The van der Waals surface area contributed by atoms with E-state index in [4.69, 9.17) is 9.26 Å². The summed E-state index contributed by atoms with van der Waals surface area (Å²) in [5.74, 6) is 0.963. The molecule has 2 aliphatic rings. The van der Waals surface area contributed by atoms with Gasteiger partial charge >= 0.3 is 0 Å². The van der Waals surface area contributed by atoms with Crippen LogP contribution in [-0.4, -0.2) is 59.9 Å². The van der Waals surface area contributed by atoms with E-state index < -0.39 is 0 Å². The molecule has 0 bridgehead atoms. The van der Waals surface area contributed by atoms with Crippen LogP contribution in [0.3, 0.4) is 0 Å². The highest BCUT2D eigenvalue weighted by molar-refractivity contribution is 5.20. The van der Waals surface area contributed by atoms with Crippen LogP contribution in [0.1, 0.15) is 44.2 Å². The molecule has 5 heteroatoms. The summed E-state index contributed by atoms with van der Waals surface area (Å²) in [6.07, 6.45) is 1.61. The van der Waals surface area contributed by atoms with E-state index in [1.54, 1.807) is 0 Å². The highest BCUT2D eigenvalue weighted by atomic mass is 16.5. The number of hydrogen-bond donors (Lipinski definition) is 0. The van der Waals surface area contributed by atoms with Crippen molar-refractivity contribution in [1.82, 2.24) is 15.0 Å². The minimum atomic E-state index is 0.278. The highest BCUT2D eigenvalue weighted by Gasteiger charge is 2.51. The van der Waals surface area contributed by atoms with Crippen molar-refractivity contribution in [1.29, 1.82) is 0 Å². The number of aromatic nitrogens is 1. The predicted molar refractivity (Wildman–Crippen MR) is 90.4 cm³/mol. The van der Waals surface area contributed by atoms with E-state index >= 15 is 0 Å². The van der Waals surface area contributed by atoms with Gasteiger partial charge in [0.05, 0.1) is 11.8 Å². The number of hydrogen-bond acceptors (Lipinski definition) is 5. The van der Waals surface area contributed by atoms with Crippen molar-refractivity contribution < 1.29 is 9.26 Å². The maximum absolute atomic E-state index is 5.88. The SMILES string of the molecule is CCO[C@H]1C[C@@H](N2CCN(Cc3c(C)noc3C)CC2)C1(C)C. The lowest BCUT2D eigenvalue weighted by Crippen LogP contribution is -2.65. The first-order valence-electron chi connectivity index (χ1n) is 8.93. The second kappa shape index (κ2) is 6.54. The minimum Gasteiger partial charge on any atom is -0.378 e. The molecule has 2 atom stereocenters. The average Bonchev–Trinajstić information content (AvgIpc) is 2.84. The van der Waals surface area contributed by atoms with Gasteiger partial charge in [-0.1, -0.05) is 19.0 Å². The molecule has 23 heavy (non-hydrogen) atoms. The van der Waals surface area contributed by atoms with Crippen LogP contribution >= 0.6 is 0 Å². The number of rotatable bonds is 5. The Morgan fingerprint density at radius 3 is 2.43 bits per heavy atom. The zero-order valence-corrected chi connectivity index (χ0v) is 15.3. The van der Waals surface area contributed by atoms with Crippen LogP contribution in [-0.2, 0) is 11.3 Å². The fraction of sp³-hybridized carbons (Fsp3) is 0.833. The Morgan fingerprint density at radius 2 is 1.91 bits per heavy atom. The minimum absolute atomic E-state index is 0.278. The topological polar surface area (TPSA) is 41.7 Å². The normalized spacial score (nSPS) is 28.7. The van der Waals surface area contributed by atoms with Gasteiger partial charge < -0.3 is 9.26 Å². The lowest BCUT2D eigenvalue weighted by Gasteiger charge is -2.57. The van der Waals surface area contributed by atoms with Crippen molar-refractivity contribution in [2.75, 3.05) is 32.8 Å². The van der Waals surface area contributed by atoms with E-state index in [0.717, 1.165) is 50.8 Å². The van der Waals surface area contributed by atoms with Gasteiger partial charge in [0.25, 0.3) is 0 Å². The maximum Gasteiger partial charge on any atom is 0.138 e. The summed E-state index contributed by atoms with van der Waals surface area (Å²) in [5, 5.41) is 4.07. The molecular formula is C18H31N3O2. The van der Waals surface area contributed by atoms with Gasteiger partial charge in [0.15, 0.2) is 0 Å². The Balaban J connectivity index is 1.51. The van der Waals surface area contributed by atoms with E-state index in [0.29, 0.717) is 12.1 Å². The monoisotopic (exact) mass is 321 g/mol. The van der Waals surface area contributed by atoms with E-state index in [1.807, 2.05) is 13.8 Å². The first kappa shape index (κ1) is 16.9. The second-order valence-corrected chi connectivity index (χ2v) is 7.63. The molecule has 0 spiro atoms. The molecule has 0 amide bonds. The van der Waals surface area contributed by atoms with E-state index in [9.17, 15) is 0 Å². The molecule has 1 saturated carbocycles. The molecule has 130 valence electrons. The van der Waals surface area contributed by atoms with Crippen LogP contribution < -0.4 is 0 Å². The van der Waals surface area contributed by atoms with Crippen molar-refractivity contribution in [2.24, 2.45) is 5.41 Å². The zero-order valence-electron chi connectivity index (χ0n) is 15.3. The summed E-state index contributed by atoms with van der Waals surface area (Å²) in [6.45, 7) is 17.2. The number of piperazine rings is 1. The first-order valence-corrected chi connectivity index (χ1v) is 8.93. The molecule has 3 rings (SSSR count). The molecule has 2 heterocycles. The van der Waals surface area contributed by atoms with Crippen molar-refractivity contribution in [2.45, 2.75) is 59.7 Å². The van der Waals surface area contributed by atoms with Crippen LogP contribution in [0.15, 0.2) is 4.52 Å². The Labute approximate surface area is 139 Å². The third kappa shape index (κ3) is 3.19. The quantitative estimate of drug-likeness (QED) is 0.834. The lowest BCUT2D eigenvalue weighted by atomic mass is 9.63. The summed E-state index contributed by atoms with van der Waals surface area (Å²) in [7, 11) is 0. The fourth-order valence-corrected chi connectivity index (χ4v) is 4.15. The summed E-state index contributed by atoms with van der Waals surface area (Å²) in [5.41, 5.74) is 2.57. The van der Waals surface area contributed by atoms with Gasteiger partial charge in [0, 0.05) is 56.4 Å². The number of aryl methyl sites for hydroxylation is 2. The van der Waals surface area contributed by atoms with Gasteiger partial charge in [-0.05, 0) is 27.2 Å². The van der Waals surface area contributed by atoms with Crippen LogP contribution in [0, 0.1) is 19.3 Å². The van der Waals surface area contributed by atoms with Crippen LogP contribution in [0.2, 0.25) is 0 Å². The van der Waals surface area contributed by atoms with Crippen LogP contribution in [0.4, 0.5) is 0 Å². The molecule has 0 unspecified atom stereocenters. The predicted octanol–water partition coefficient (Wildman–Crippen LogP) is 2.61. The Morgan fingerprint density at radius 1 is 1.22 bits per heavy atom. The molecule has 0 radical (unpaired) electrons. The Hall–Kier alpha value is -0.910. The van der Waals surface area contributed by atoms with Crippen LogP contribution in [0.25, 0.3) is 0 Å². The molecule has 1 aliphatic heterocycles. The summed E-state index contributed by atoms with van der Waals surface area (Å²) in [4.78, 5) is 5.19. The molecule has 1 aromatic heterocycles. The number of nitrogens with zero attached hydrogens (tertiary/aromatic N) is 3. The molecule has 0 N–H and O–H groups in total. The van der Waals surface area contributed by atoms with Crippen molar-refractivity contribution in [3.05, 3.63) is 17.0 Å². The van der Waals surface area contributed by atoms with Crippen molar-refractivity contribution in [3.63, 3.8) is 0 Å². The first-order chi connectivity index (χ1) is 10.9. The smallest absolute Gasteiger partial charge is 0.138 e. The number of ether oxygens (including phenoxy) is 1. The highest BCUT2D eigenvalue weighted by Crippen LogP contribution is 2.46. The van der Waals surface area contributed by atoms with E-state index in [1.165, 1.54) is 12.0 Å². The van der Waals surface area contributed by atoms with Gasteiger partial charge in [-0.3, -0.25) is 9.80 Å². The summed E-state index contributed by atoms with van der Waals surface area (Å²) < 4.78 is 11.2. The third-order valence-corrected chi connectivity index (χ3v) is 5.90. The molecule has 1 aromatic rings. The van der Waals surface area contributed by atoms with Gasteiger partial charge in [-0.15, -0.1) is 0 Å². The van der Waals surface area contributed by atoms with Gasteiger partial charge in [0.2, 0.25) is 0 Å². The standard InChI is InChI=1S/C18H31N3O2/c1-6-22-17-11-16(18(17,4)5)21-9-7-20(8-10-21)12-15-13(2)19-23-14(15)3/h16-17H,6-12H2,1-5H3/t16-,17+/m1/s1. The molecule has 2 fully saturated rings. The van der Waals surface area contributed by atoms with Crippen molar-refractivity contribution in [3.8, 4) is 0 Å². The molecule has 1 saturated heterocycles. The molecule has 0 aromatic carbocycles. The van der Waals surface area contributed by atoms with Gasteiger partial charge in [-0.2, -0.15) is 0 Å². The zero-order chi connectivity index (χ0) is 16.6. The molecule has 5 nitrogen and oxygen atoms in total. The fourth-order valence-electron chi connectivity index (χ4n) is 4.15. The van der Waals surface area contributed by atoms with Crippen molar-refractivity contribution >= 4 is 0 Å². The largest absolute Gasteiger partial charge is 0.378 e.